The zero-order valence-electron chi connectivity index (χ0n) is 11.6. The maximum atomic E-state index is 12.7. The van der Waals surface area contributed by atoms with E-state index in [1.54, 1.807) is 0 Å². The summed E-state index contributed by atoms with van der Waals surface area (Å²) in [6.07, 6.45) is 9.95. The SMILES string of the molecule is O=C1CCN(C2CCCCCC2)C(=O)C(C2CC2)N1. The van der Waals surface area contributed by atoms with Gasteiger partial charge in [0.1, 0.15) is 6.04 Å². The van der Waals surface area contributed by atoms with Crippen molar-refractivity contribution in [2.45, 2.75) is 69.9 Å². The van der Waals surface area contributed by atoms with Crippen LogP contribution in [-0.2, 0) is 9.59 Å². The molecule has 2 amide bonds. The highest BCUT2D eigenvalue weighted by Crippen LogP contribution is 2.35. The molecule has 1 N–H and O–H groups in total. The van der Waals surface area contributed by atoms with E-state index in [1.165, 1.54) is 25.7 Å². The van der Waals surface area contributed by atoms with Crippen molar-refractivity contribution in [3.8, 4) is 0 Å². The number of amides is 2. The Morgan fingerprint density at radius 1 is 0.947 bits per heavy atom. The first-order chi connectivity index (χ1) is 9.25. The molecule has 106 valence electrons. The molecular weight excluding hydrogens is 240 g/mol. The van der Waals surface area contributed by atoms with Crippen LogP contribution in [0.4, 0.5) is 0 Å². The molecule has 4 heteroatoms. The normalized spacial score (nSPS) is 30.7. The maximum Gasteiger partial charge on any atom is 0.245 e. The number of nitrogens with one attached hydrogen (secondary N) is 1. The lowest BCUT2D eigenvalue weighted by atomic mass is 10.0. The Morgan fingerprint density at radius 3 is 2.26 bits per heavy atom. The zero-order valence-corrected chi connectivity index (χ0v) is 11.6. The third-order valence-electron chi connectivity index (χ3n) is 4.80. The highest BCUT2D eigenvalue weighted by Gasteiger charge is 2.42. The van der Waals surface area contributed by atoms with Gasteiger partial charge in [-0.2, -0.15) is 0 Å². The maximum absolute atomic E-state index is 12.7. The Morgan fingerprint density at radius 2 is 1.63 bits per heavy atom. The van der Waals surface area contributed by atoms with Gasteiger partial charge in [-0.25, -0.2) is 0 Å². The van der Waals surface area contributed by atoms with E-state index in [2.05, 4.69) is 5.32 Å². The van der Waals surface area contributed by atoms with E-state index in [0.29, 0.717) is 24.9 Å². The van der Waals surface area contributed by atoms with Crippen LogP contribution in [-0.4, -0.2) is 35.3 Å². The first-order valence-electron chi connectivity index (χ1n) is 7.85. The van der Waals surface area contributed by atoms with Gasteiger partial charge in [0.25, 0.3) is 0 Å². The minimum Gasteiger partial charge on any atom is -0.344 e. The second-order valence-electron chi connectivity index (χ2n) is 6.31. The van der Waals surface area contributed by atoms with Gasteiger partial charge >= 0.3 is 0 Å². The van der Waals surface area contributed by atoms with Crippen molar-refractivity contribution >= 4 is 11.8 Å². The molecule has 1 unspecified atom stereocenters. The van der Waals surface area contributed by atoms with Gasteiger partial charge in [0.15, 0.2) is 0 Å². The third kappa shape index (κ3) is 2.93. The van der Waals surface area contributed by atoms with Crippen molar-refractivity contribution in [2.24, 2.45) is 5.92 Å². The van der Waals surface area contributed by atoms with E-state index in [9.17, 15) is 9.59 Å². The molecule has 2 saturated carbocycles. The van der Waals surface area contributed by atoms with Crippen molar-refractivity contribution in [3.05, 3.63) is 0 Å². The Bertz CT molecular complexity index is 357. The summed E-state index contributed by atoms with van der Waals surface area (Å²) in [7, 11) is 0. The molecule has 1 aliphatic heterocycles. The van der Waals surface area contributed by atoms with Gasteiger partial charge in [0.05, 0.1) is 0 Å². The molecule has 3 fully saturated rings. The quantitative estimate of drug-likeness (QED) is 0.774. The van der Waals surface area contributed by atoms with Crippen LogP contribution in [0.15, 0.2) is 0 Å². The van der Waals surface area contributed by atoms with Crippen molar-refractivity contribution in [3.63, 3.8) is 0 Å². The lowest BCUT2D eigenvalue weighted by molar-refractivity contribution is -0.136. The van der Waals surface area contributed by atoms with Gasteiger partial charge < -0.3 is 10.2 Å². The van der Waals surface area contributed by atoms with Crippen molar-refractivity contribution in [1.29, 1.82) is 0 Å². The second kappa shape index (κ2) is 5.51. The number of carbonyl (C=O) groups excluding carboxylic acids is 2. The summed E-state index contributed by atoms with van der Waals surface area (Å²) < 4.78 is 0. The van der Waals surface area contributed by atoms with E-state index in [1.807, 2.05) is 4.90 Å². The molecule has 1 saturated heterocycles. The molecule has 0 aromatic carbocycles. The van der Waals surface area contributed by atoms with Crippen LogP contribution >= 0.6 is 0 Å². The molecule has 0 bridgehead atoms. The largest absolute Gasteiger partial charge is 0.344 e. The van der Waals surface area contributed by atoms with Crippen LogP contribution in [0, 0.1) is 5.92 Å². The Hall–Kier alpha value is -1.06. The third-order valence-corrected chi connectivity index (χ3v) is 4.80. The summed E-state index contributed by atoms with van der Waals surface area (Å²) in [5.74, 6) is 0.657. The molecule has 0 radical (unpaired) electrons. The molecule has 4 nitrogen and oxygen atoms in total. The number of hydrogen-bond donors (Lipinski definition) is 1. The van der Waals surface area contributed by atoms with Crippen LogP contribution in [0.3, 0.4) is 0 Å². The highest BCUT2D eigenvalue weighted by molar-refractivity contribution is 5.90. The van der Waals surface area contributed by atoms with E-state index in [4.69, 9.17) is 0 Å². The average Bonchev–Trinajstić information content (AvgIpc) is 3.21. The Balaban J connectivity index is 1.74. The minimum atomic E-state index is -0.224. The van der Waals surface area contributed by atoms with Crippen LogP contribution < -0.4 is 5.32 Å². The Labute approximate surface area is 114 Å². The molecule has 3 aliphatic rings. The standard InChI is InChI=1S/C15H24N2O2/c18-13-9-10-17(12-5-3-1-2-4-6-12)15(19)14(16-13)11-7-8-11/h11-12,14H,1-10H2,(H,16,18). The lowest BCUT2D eigenvalue weighted by Gasteiger charge is -2.32. The van der Waals surface area contributed by atoms with Crippen molar-refractivity contribution in [1.82, 2.24) is 10.2 Å². The first-order valence-corrected chi connectivity index (χ1v) is 7.85. The highest BCUT2D eigenvalue weighted by atomic mass is 16.2. The monoisotopic (exact) mass is 264 g/mol. The fourth-order valence-electron chi connectivity index (χ4n) is 3.50. The molecule has 1 atom stereocenters. The van der Waals surface area contributed by atoms with Gasteiger partial charge in [-0.15, -0.1) is 0 Å². The lowest BCUT2D eigenvalue weighted by Crippen LogP contribution is -2.49. The second-order valence-corrected chi connectivity index (χ2v) is 6.31. The molecule has 19 heavy (non-hydrogen) atoms. The number of hydrogen-bond acceptors (Lipinski definition) is 2. The molecule has 0 spiro atoms. The first kappa shape index (κ1) is 12.9. The summed E-state index contributed by atoms with van der Waals surface area (Å²) in [4.78, 5) is 26.5. The molecule has 2 aliphatic carbocycles. The van der Waals surface area contributed by atoms with E-state index < -0.39 is 0 Å². The topological polar surface area (TPSA) is 49.4 Å². The smallest absolute Gasteiger partial charge is 0.245 e. The molecule has 1 heterocycles. The van der Waals surface area contributed by atoms with Gasteiger partial charge in [0.2, 0.25) is 11.8 Å². The van der Waals surface area contributed by atoms with Gasteiger partial charge in [0, 0.05) is 19.0 Å². The van der Waals surface area contributed by atoms with Crippen molar-refractivity contribution in [2.75, 3.05) is 6.54 Å². The van der Waals surface area contributed by atoms with E-state index in [0.717, 1.165) is 25.7 Å². The molecule has 0 aromatic rings. The van der Waals surface area contributed by atoms with E-state index >= 15 is 0 Å². The zero-order chi connectivity index (χ0) is 13.2. The number of carbonyl (C=O) groups is 2. The van der Waals surface area contributed by atoms with Crippen LogP contribution in [0.1, 0.15) is 57.8 Å². The predicted molar refractivity (Wildman–Crippen MR) is 72.5 cm³/mol. The van der Waals surface area contributed by atoms with Crippen LogP contribution in [0.25, 0.3) is 0 Å². The van der Waals surface area contributed by atoms with Crippen LogP contribution in [0.5, 0.6) is 0 Å². The summed E-state index contributed by atoms with van der Waals surface area (Å²) >= 11 is 0. The van der Waals surface area contributed by atoms with Gasteiger partial charge in [-0.3, -0.25) is 9.59 Å². The summed E-state index contributed by atoms with van der Waals surface area (Å²) in [6.45, 7) is 0.624. The molecule has 0 aromatic heterocycles. The fourth-order valence-corrected chi connectivity index (χ4v) is 3.50. The summed E-state index contributed by atoms with van der Waals surface area (Å²) in [5.41, 5.74) is 0. The number of nitrogens with zero attached hydrogens (tertiary/aromatic N) is 1. The minimum absolute atomic E-state index is 0.0568. The fraction of sp³-hybridized carbons (Fsp3) is 0.867. The summed E-state index contributed by atoms with van der Waals surface area (Å²) in [6, 6.07) is 0.155. The van der Waals surface area contributed by atoms with Crippen molar-refractivity contribution < 1.29 is 9.59 Å². The van der Waals surface area contributed by atoms with Gasteiger partial charge in [-0.05, 0) is 31.6 Å². The van der Waals surface area contributed by atoms with Gasteiger partial charge in [-0.1, -0.05) is 25.7 Å². The predicted octanol–water partition coefficient (Wildman–Crippen LogP) is 1.84. The van der Waals surface area contributed by atoms with Crippen LogP contribution in [0.2, 0.25) is 0 Å². The molecule has 3 rings (SSSR count). The summed E-state index contributed by atoms with van der Waals surface area (Å²) in [5, 5.41) is 2.95. The average molecular weight is 264 g/mol. The number of rotatable bonds is 2. The van der Waals surface area contributed by atoms with E-state index in [-0.39, 0.29) is 17.9 Å². The Kier molecular flexibility index (Phi) is 3.76. The molecular formula is C15H24N2O2.